The first kappa shape index (κ1) is 23.6. The highest BCUT2D eigenvalue weighted by Crippen LogP contribution is 2.28. The molecule has 0 aliphatic carbocycles. The number of hydrogen-bond donors (Lipinski definition) is 0. The maximum Gasteiger partial charge on any atom is 0.266 e. The zero-order chi connectivity index (χ0) is 24.2. The first-order chi connectivity index (χ1) is 16.4. The van der Waals surface area contributed by atoms with Crippen molar-refractivity contribution in [3.8, 4) is 5.69 Å². The number of amides is 1. The van der Waals surface area contributed by atoms with Gasteiger partial charge in [0.2, 0.25) is 0 Å². The van der Waals surface area contributed by atoms with Gasteiger partial charge in [0.05, 0.1) is 22.6 Å². The molecular formula is C27H25ClFN3O2. The summed E-state index contributed by atoms with van der Waals surface area (Å²) in [7, 11) is 0. The number of rotatable bonds is 7. The average molecular weight is 478 g/mol. The molecule has 174 valence electrons. The molecule has 4 rings (SSSR count). The Kier molecular flexibility index (Phi) is 7.08. The molecule has 3 aromatic carbocycles. The van der Waals surface area contributed by atoms with Crippen LogP contribution in [0, 0.1) is 5.82 Å². The zero-order valence-electron chi connectivity index (χ0n) is 19.0. The lowest BCUT2D eigenvalue weighted by molar-refractivity contribution is 0.0659. The fourth-order valence-electron chi connectivity index (χ4n) is 4.15. The molecule has 0 bridgehead atoms. The van der Waals surface area contributed by atoms with E-state index in [4.69, 9.17) is 16.6 Å². The topological polar surface area (TPSA) is 55.2 Å². The molecule has 5 nitrogen and oxygen atoms in total. The maximum atomic E-state index is 13.7. The molecule has 1 atom stereocenters. The fraction of sp³-hybridized carbons (Fsp3) is 0.222. The third-order valence-electron chi connectivity index (χ3n) is 5.76. The van der Waals surface area contributed by atoms with Crippen molar-refractivity contribution in [1.82, 2.24) is 14.5 Å². The van der Waals surface area contributed by atoms with Crippen molar-refractivity contribution in [3.63, 3.8) is 0 Å². The Bertz CT molecular complexity index is 1370. The van der Waals surface area contributed by atoms with Crippen molar-refractivity contribution in [2.75, 3.05) is 6.54 Å². The molecule has 0 N–H and O–H groups in total. The minimum Gasteiger partial charge on any atom is -0.328 e. The SMILES string of the molecule is CCCN(C(=O)c1ccc(Cl)cc1)C(CC)c1nc2ccccc2c(=O)n1-c1ccc(F)cc1. The predicted octanol–water partition coefficient (Wildman–Crippen LogP) is 6.18. The van der Waals surface area contributed by atoms with Crippen LogP contribution in [0.15, 0.2) is 77.6 Å². The molecule has 1 aromatic heterocycles. The Morgan fingerprint density at radius 1 is 1.03 bits per heavy atom. The smallest absolute Gasteiger partial charge is 0.266 e. The molecule has 0 spiro atoms. The molecular weight excluding hydrogens is 453 g/mol. The van der Waals surface area contributed by atoms with Gasteiger partial charge in [-0.1, -0.05) is 37.6 Å². The number of benzene rings is 3. The van der Waals surface area contributed by atoms with Crippen LogP contribution in [0.4, 0.5) is 4.39 Å². The monoisotopic (exact) mass is 477 g/mol. The van der Waals surface area contributed by atoms with E-state index in [-0.39, 0.29) is 11.5 Å². The second-order valence-corrected chi connectivity index (χ2v) is 8.47. The van der Waals surface area contributed by atoms with Crippen LogP contribution in [-0.4, -0.2) is 26.9 Å². The molecule has 0 aliphatic heterocycles. The second kappa shape index (κ2) is 10.2. The number of aromatic nitrogens is 2. The van der Waals surface area contributed by atoms with Crippen LogP contribution in [-0.2, 0) is 0 Å². The van der Waals surface area contributed by atoms with Crippen molar-refractivity contribution >= 4 is 28.4 Å². The molecule has 0 saturated heterocycles. The Morgan fingerprint density at radius 2 is 1.71 bits per heavy atom. The van der Waals surface area contributed by atoms with Crippen LogP contribution in [0.25, 0.3) is 16.6 Å². The van der Waals surface area contributed by atoms with Crippen LogP contribution in [0.3, 0.4) is 0 Å². The number of fused-ring (bicyclic) bond motifs is 1. The van der Waals surface area contributed by atoms with Gasteiger partial charge in [-0.3, -0.25) is 14.2 Å². The van der Waals surface area contributed by atoms with E-state index in [0.717, 1.165) is 6.42 Å². The van der Waals surface area contributed by atoms with Gasteiger partial charge >= 0.3 is 0 Å². The lowest BCUT2D eigenvalue weighted by Crippen LogP contribution is -2.39. The fourth-order valence-corrected chi connectivity index (χ4v) is 4.28. The second-order valence-electron chi connectivity index (χ2n) is 8.03. The molecule has 34 heavy (non-hydrogen) atoms. The van der Waals surface area contributed by atoms with Crippen LogP contribution in [0.5, 0.6) is 0 Å². The molecule has 4 aromatic rings. The summed E-state index contributed by atoms with van der Waals surface area (Å²) in [6, 6.07) is 19.1. The van der Waals surface area contributed by atoms with E-state index in [1.165, 1.54) is 16.7 Å². The number of halogens is 2. The summed E-state index contributed by atoms with van der Waals surface area (Å²) >= 11 is 6.02. The lowest BCUT2D eigenvalue weighted by atomic mass is 10.1. The van der Waals surface area contributed by atoms with Crippen molar-refractivity contribution in [1.29, 1.82) is 0 Å². The van der Waals surface area contributed by atoms with Crippen molar-refractivity contribution in [2.45, 2.75) is 32.7 Å². The Balaban J connectivity index is 1.93. The third-order valence-corrected chi connectivity index (χ3v) is 6.02. The minimum atomic E-state index is -0.481. The van der Waals surface area contributed by atoms with Gasteiger partial charge in [0, 0.05) is 17.1 Å². The van der Waals surface area contributed by atoms with E-state index in [1.807, 2.05) is 19.9 Å². The summed E-state index contributed by atoms with van der Waals surface area (Å²) in [5, 5.41) is 1.00. The van der Waals surface area contributed by atoms with E-state index < -0.39 is 11.9 Å². The minimum absolute atomic E-state index is 0.168. The molecule has 0 saturated carbocycles. The van der Waals surface area contributed by atoms with Gasteiger partial charge < -0.3 is 4.90 Å². The zero-order valence-corrected chi connectivity index (χ0v) is 19.8. The van der Waals surface area contributed by atoms with Gasteiger partial charge in [-0.15, -0.1) is 0 Å². The quantitative estimate of drug-likeness (QED) is 0.319. The van der Waals surface area contributed by atoms with Crippen LogP contribution in [0.1, 0.15) is 48.9 Å². The maximum absolute atomic E-state index is 13.7. The number of para-hydroxylation sites is 1. The predicted molar refractivity (Wildman–Crippen MR) is 133 cm³/mol. The molecule has 1 amide bonds. The van der Waals surface area contributed by atoms with Crippen molar-refractivity contribution in [2.24, 2.45) is 0 Å². The van der Waals surface area contributed by atoms with E-state index >= 15 is 0 Å². The highest BCUT2D eigenvalue weighted by atomic mass is 35.5. The first-order valence-electron chi connectivity index (χ1n) is 11.3. The van der Waals surface area contributed by atoms with Gasteiger partial charge in [-0.2, -0.15) is 0 Å². The normalized spacial score (nSPS) is 12.0. The summed E-state index contributed by atoms with van der Waals surface area (Å²) in [4.78, 5) is 33.8. The molecule has 1 unspecified atom stereocenters. The molecule has 0 aliphatic rings. The summed E-state index contributed by atoms with van der Waals surface area (Å²) in [5.74, 6) is -0.128. The van der Waals surface area contributed by atoms with Gasteiger partial charge in [-0.05, 0) is 73.5 Å². The van der Waals surface area contributed by atoms with Crippen LogP contribution >= 0.6 is 11.6 Å². The van der Waals surface area contributed by atoms with Crippen molar-refractivity contribution < 1.29 is 9.18 Å². The van der Waals surface area contributed by atoms with E-state index in [9.17, 15) is 14.0 Å². The highest BCUT2D eigenvalue weighted by molar-refractivity contribution is 6.30. The van der Waals surface area contributed by atoms with Crippen LogP contribution < -0.4 is 5.56 Å². The standard InChI is InChI=1S/C27H25ClFN3O2/c1-3-17-31(26(33)18-9-11-19(28)12-10-18)24(4-2)25-30-23-8-6-5-7-22(23)27(34)32(25)21-15-13-20(29)14-16-21/h5-16,24H,3-4,17H2,1-2H3. The van der Waals surface area contributed by atoms with E-state index in [0.29, 0.717) is 46.0 Å². The number of carbonyl (C=O) groups excluding carboxylic acids is 1. The van der Waals surface area contributed by atoms with Gasteiger partial charge in [-0.25, -0.2) is 9.37 Å². The molecule has 7 heteroatoms. The van der Waals surface area contributed by atoms with Gasteiger partial charge in [0.25, 0.3) is 11.5 Å². The number of nitrogens with zero attached hydrogens (tertiary/aromatic N) is 3. The van der Waals surface area contributed by atoms with E-state index in [2.05, 4.69) is 0 Å². The van der Waals surface area contributed by atoms with Crippen LogP contribution in [0.2, 0.25) is 5.02 Å². The average Bonchev–Trinajstić information content (AvgIpc) is 2.85. The number of carbonyl (C=O) groups is 1. The summed E-state index contributed by atoms with van der Waals surface area (Å²) in [6.45, 7) is 4.43. The molecule has 0 fully saturated rings. The Hall–Kier alpha value is -3.51. The lowest BCUT2D eigenvalue weighted by Gasteiger charge is -2.32. The largest absolute Gasteiger partial charge is 0.328 e. The Labute approximate surface area is 202 Å². The molecule has 1 heterocycles. The van der Waals surface area contributed by atoms with Gasteiger partial charge in [0.1, 0.15) is 11.6 Å². The summed E-state index contributed by atoms with van der Waals surface area (Å²) in [6.07, 6.45) is 1.26. The summed E-state index contributed by atoms with van der Waals surface area (Å²) in [5.41, 5.74) is 1.29. The van der Waals surface area contributed by atoms with Crippen molar-refractivity contribution in [3.05, 3.63) is 105 Å². The van der Waals surface area contributed by atoms with Gasteiger partial charge in [0.15, 0.2) is 0 Å². The molecule has 0 radical (unpaired) electrons. The Morgan fingerprint density at radius 3 is 2.35 bits per heavy atom. The van der Waals surface area contributed by atoms with E-state index in [1.54, 1.807) is 59.5 Å². The third kappa shape index (κ3) is 4.59. The number of hydrogen-bond acceptors (Lipinski definition) is 3. The highest BCUT2D eigenvalue weighted by Gasteiger charge is 2.29. The summed E-state index contributed by atoms with van der Waals surface area (Å²) < 4.78 is 15.2. The first-order valence-corrected chi connectivity index (χ1v) is 11.7.